The summed E-state index contributed by atoms with van der Waals surface area (Å²) in [6.45, 7) is 4.65. The summed E-state index contributed by atoms with van der Waals surface area (Å²) in [5, 5.41) is 3.56. The van der Waals surface area contributed by atoms with Crippen LogP contribution in [-0.2, 0) is 4.74 Å². The Morgan fingerprint density at radius 3 is 3.00 bits per heavy atom. The van der Waals surface area contributed by atoms with Crippen LogP contribution in [-0.4, -0.2) is 26.3 Å². The molecule has 88 valence electrons. The monoisotopic (exact) mass is 211 g/mol. The lowest BCUT2D eigenvalue weighted by molar-refractivity contribution is 0.0404. The zero-order valence-electron chi connectivity index (χ0n) is 10.2. The van der Waals surface area contributed by atoms with E-state index in [1.165, 1.54) is 51.6 Å². The molecule has 0 aromatic carbocycles. The number of nitrogens with one attached hydrogen (secondary N) is 1. The van der Waals surface area contributed by atoms with E-state index in [0.29, 0.717) is 11.5 Å². The van der Waals surface area contributed by atoms with Crippen LogP contribution in [0.5, 0.6) is 0 Å². The molecule has 0 radical (unpaired) electrons. The Balaban J connectivity index is 1.74. The molecule has 2 nitrogen and oxygen atoms in total. The maximum atomic E-state index is 5.52. The number of hydrogen-bond donors (Lipinski definition) is 1. The van der Waals surface area contributed by atoms with Crippen molar-refractivity contribution in [1.82, 2.24) is 5.32 Å². The first kappa shape index (κ1) is 11.4. The molecule has 0 heterocycles. The maximum Gasteiger partial charge on any atom is 0.0576 e. The smallest absolute Gasteiger partial charge is 0.0576 e. The maximum absolute atomic E-state index is 5.52. The van der Waals surface area contributed by atoms with Crippen LogP contribution >= 0.6 is 0 Å². The Labute approximate surface area is 93.8 Å². The first-order valence-corrected chi connectivity index (χ1v) is 6.54. The average molecular weight is 211 g/mol. The summed E-state index contributed by atoms with van der Waals surface area (Å²) >= 11 is 0. The highest BCUT2D eigenvalue weighted by atomic mass is 16.5. The van der Waals surface area contributed by atoms with Gasteiger partial charge in [0.2, 0.25) is 0 Å². The third-order valence-electron chi connectivity index (χ3n) is 4.34. The number of methoxy groups -OCH3 is 1. The van der Waals surface area contributed by atoms with Crippen LogP contribution in [0.4, 0.5) is 0 Å². The summed E-state index contributed by atoms with van der Waals surface area (Å²) in [4.78, 5) is 0. The van der Waals surface area contributed by atoms with Crippen LogP contribution < -0.4 is 5.32 Å². The van der Waals surface area contributed by atoms with Gasteiger partial charge in [-0.2, -0.15) is 0 Å². The Kier molecular flexibility index (Phi) is 3.68. The molecule has 0 aromatic rings. The van der Waals surface area contributed by atoms with Crippen molar-refractivity contribution in [3.8, 4) is 0 Å². The van der Waals surface area contributed by atoms with Crippen LogP contribution in [0, 0.1) is 11.3 Å². The highest BCUT2D eigenvalue weighted by Gasteiger charge is 2.54. The molecule has 2 aliphatic rings. The van der Waals surface area contributed by atoms with Crippen molar-refractivity contribution in [2.45, 2.75) is 51.6 Å². The summed E-state index contributed by atoms with van der Waals surface area (Å²) in [6.07, 6.45) is 8.68. The van der Waals surface area contributed by atoms with E-state index in [9.17, 15) is 0 Å². The van der Waals surface area contributed by atoms with Gasteiger partial charge in [0.1, 0.15) is 0 Å². The van der Waals surface area contributed by atoms with E-state index >= 15 is 0 Å². The molecule has 2 saturated carbocycles. The fraction of sp³-hybridized carbons (Fsp3) is 1.00. The molecule has 0 saturated heterocycles. The SMILES string of the molecule is CCCNCC1CC12CCCC(OC)C2. The molecule has 15 heavy (non-hydrogen) atoms. The fourth-order valence-electron chi connectivity index (χ4n) is 3.27. The molecule has 0 aromatic heterocycles. The Morgan fingerprint density at radius 1 is 1.40 bits per heavy atom. The van der Waals surface area contributed by atoms with Gasteiger partial charge in [0.15, 0.2) is 0 Å². The van der Waals surface area contributed by atoms with Crippen molar-refractivity contribution in [2.24, 2.45) is 11.3 Å². The Bertz CT molecular complexity index is 205. The molecule has 3 atom stereocenters. The molecular formula is C13H25NO. The Morgan fingerprint density at radius 2 is 2.27 bits per heavy atom. The standard InChI is InChI=1S/C13H25NO/c1-3-7-14-10-11-8-13(11)6-4-5-12(9-13)15-2/h11-12,14H,3-10H2,1-2H3. The van der Waals surface area contributed by atoms with Gasteiger partial charge in [-0.3, -0.25) is 0 Å². The third kappa shape index (κ3) is 2.54. The second-order valence-electron chi connectivity index (χ2n) is 5.42. The van der Waals surface area contributed by atoms with Gasteiger partial charge in [0.25, 0.3) is 0 Å². The van der Waals surface area contributed by atoms with Crippen LogP contribution in [0.1, 0.15) is 45.4 Å². The van der Waals surface area contributed by atoms with E-state index in [1.54, 1.807) is 0 Å². The predicted octanol–water partition coefficient (Wildman–Crippen LogP) is 2.58. The molecule has 2 aliphatic carbocycles. The van der Waals surface area contributed by atoms with E-state index in [4.69, 9.17) is 4.74 Å². The van der Waals surface area contributed by atoms with Gasteiger partial charge in [-0.25, -0.2) is 0 Å². The van der Waals surface area contributed by atoms with Gasteiger partial charge in [-0.15, -0.1) is 0 Å². The Hall–Kier alpha value is -0.0800. The van der Waals surface area contributed by atoms with Crippen LogP contribution in [0.3, 0.4) is 0 Å². The van der Waals surface area contributed by atoms with Gasteiger partial charge in [0, 0.05) is 7.11 Å². The van der Waals surface area contributed by atoms with Gasteiger partial charge in [-0.05, 0) is 56.5 Å². The van der Waals surface area contributed by atoms with Gasteiger partial charge in [0.05, 0.1) is 6.10 Å². The van der Waals surface area contributed by atoms with Gasteiger partial charge >= 0.3 is 0 Å². The summed E-state index contributed by atoms with van der Waals surface area (Å²) in [7, 11) is 1.87. The molecule has 0 aliphatic heterocycles. The van der Waals surface area contributed by atoms with Gasteiger partial charge in [-0.1, -0.05) is 13.3 Å². The average Bonchev–Trinajstić information content (AvgIpc) is 2.91. The lowest BCUT2D eigenvalue weighted by Gasteiger charge is -2.29. The summed E-state index contributed by atoms with van der Waals surface area (Å²) in [6, 6.07) is 0. The van der Waals surface area contributed by atoms with E-state index in [-0.39, 0.29) is 0 Å². The topological polar surface area (TPSA) is 21.3 Å². The van der Waals surface area contributed by atoms with E-state index in [2.05, 4.69) is 12.2 Å². The highest BCUT2D eigenvalue weighted by Crippen LogP contribution is 2.61. The molecule has 1 N–H and O–H groups in total. The van der Waals surface area contributed by atoms with Crippen molar-refractivity contribution >= 4 is 0 Å². The second-order valence-corrected chi connectivity index (χ2v) is 5.42. The van der Waals surface area contributed by atoms with Crippen LogP contribution in [0.2, 0.25) is 0 Å². The van der Waals surface area contributed by atoms with E-state index < -0.39 is 0 Å². The molecular weight excluding hydrogens is 186 g/mol. The number of hydrogen-bond acceptors (Lipinski definition) is 2. The number of rotatable bonds is 5. The lowest BCUT2D eigenvalue weighted by Crippen LogP contribution is -2.27. The summed E-state index contributed by atoms with van der Waals surface area (Å²) in [5.41, 5.74) is 0.680. The normalized spacial score (nSPS) is 39.6. The zero-order valence-corrected chi connectivity index (χ0v) is 10.2. The number of ether oxygens (including phenoxy) is 1. The molecule has 0 bridgehead atoms. The molecule has 2 rings (SSSR count). The van der Waals surface area contributed by atoms with Crippen molar-refractivity contribution in [3.63, 3.8) is 0 Å². The van der Waals surface area contributed by atoms with Crippen molar-refractivity contribution in [2.75, 3.05) is 20.2 Å². The van der Waals surface area contributed by atoms with E-state index in [0.717, 1.165) is 5.92 Å². The molecule has 3 unspecified atom stereocenters. The highest BCUT2D eigenvalue weighted by molar-refractivity contribution is 5.05. The van der Waals surface area contributed by atoms with Crippen molar-refractivity contribution in [1.29, 1.82) is 0 Å². The molecule has 2 fully saturated rings. The predicted molar refractivity (Wildman–Crippen MR) is 63.0 cm³/mol. The van der Waals surface area contributed by atoms with E-state index in [1.807, 2.05) is 7.11 Å². The summed E-state index contributed by atoms with van der Waals surface area (Å²) < 4.78 is 5.52. The van der Waals surface area contributed by atoms with Crippen molar-refractivity contribution in [3.05, 3.63) is 0 Å². The van der Waals surface area contributed by atoms with Crippen molar-refractivity contribution < 1.29 is 4.74 Å². The van der Waals surface area contributed by atoms with Crippen LogP contribution in [0.25, 0.3) is 0 Å². The largest absolute Gasteiger partial charge is 0.381 e. The second kappa shape index (κ2) is 4.84. The minimum Gasteiger partial charge on any atom is -0.381 e. The van der Waals surface area contributed by atoms with Crippen LogP contribution in [0.15, 0.2) is 0 Å². The lowest BCUT2D eigenvalue weighted by atomic mass is 9.82. The van der Waals surface area contributed by atoms with Gasteiger partial charge < -0.3 is 10.1 Å². The quantitative estimate of drug-likeness (QED) is 0.706. The third-order valence-corrected chi connectivity index (χ3v) is 4.34. The molecule has 0 amide bonds. The fourth-order valence-corrected chi connectivity index (χ4v) is 3.27. The molecule has 2 heteroatoms. The zero-order chi connectivity index (χ0) is 10.7. The first-order valence-electron chi connectivity index (χ1n) is 6.54. The summed E-state index contributed by atoms with van der Waals surface area (Å²) in [5.74, 6) is 0.946. The molecule has 1 spiro atoms. The first-order chi connectivity index (χ1) is 7.30. The minimum atomic E-state index is 0.551. The minimum absolute atomic E-state index is 0.551.